The number of thiazole rings is 1. The van der Waals surface area contributed by atoms with Crippen LogP contribution in [0.5, 0.6) is 0 Å². The molecule has 0 bridgehead atoms. The van der Waals surface area contributed by atoms with Crippen LogP contribution in [0.1, 0.15) is 29.5 Å². The number of halogens is 1. The lowest BCUT2D eigenvalue weighted by Crippen LogP contribution is -2.27. The smallest absolute Gasteiger partial charge is 0.271 e. The van der Waals surface area contributed by atoms with Gasteiger partial charge in [-0.15, -0.1) is 11.3 Å². The van der Waals surface area contributed by atoms with Crippen LogP contribution in [-0.4, -0.2) is 29.0 Å². The van der Waals surface area contributed by atoms with Gasteiger partial charge in [-0.1, -0.05) is 18.5 Å². The van der Waals surface area contributed by atoms with Crippen molar-refractivity contribution in [3.8, 4) is 0 Å². The minimum Gasteiger partial charge on any atom is -0.370 e. The van der Waals surface area contributed by atoms with Crippen molar-refractivity contribution in [2.75, 3.05) is 18.4 Å². The lowest BCUT2D eigenvalue weighted by molar-refractivity contribution is 0.0949. The highest BCUT2D eigenvalue weighted by atomic mass is 35.5. The van der Waals surface area contributed by atoms with E-state index in [0.717, 1.165) is 18.7 Å². The second-order valence-electron chi connectivity index (χ2n) is 4.44. The van der Waals surface area contributed by atoms with Crippen molar-refractivity contribution in [3.63, 3.8) is 0 Å². The molecule has 0 aromatic carbocycles. The first-order chi connectivity index (χ1) is 10.2. The molecule has 0 aliphatic heterocycles. The summed E-state index contributed by atoms with van der Waals surface area (Å²) in [4.78, 5) is 20.5. The topological polar surface area (TPSA) is 66.9 Å². The van der Waals surface area contributed by atoms with Crippen LogP contribution in [0.4, 0.5) is 5.82 Å². The van der Waals surface area contributed by atoms with Crippen molar-refractivity contribution >= 4 is 34.7 Å². The normalized spacial score (nSPS) is 10.4. The predicted octanol–water partition coefficient (Wildman–Crippen LogP) is 2.99. The van der Waals surface area contributed by atoms with E-state index in [1.165, 1.54) is 0 Å². The van der Waals surface area contributed by atoms with Crippen LogP contribution >= 0.6 is 22.9 Å². The van der Waals surface area contributed by atoms with Crippen molar-refractivity contribution < 1.29 is 4.79 Å². The van der Waals surface area contributed by atoms with Crippen LogP contribution in [-0.2, 0) is 6.42 Å². The summed E-state index contributed by atoms with van der Waals surface area (Å²) in [5.74, 6) is 0.390. The Labute approximate surface area is 132 Å². The molecule has 2 heterocycles. The standard InChI is InChI=1S/C14H17ClN4OS/c1-2-6-16-12-4-3-11(15)13(19-12)14(20)17-7-5-10-8-21-9-18-10/h3-4,8-9H,2,5-7H2,1H3,(H,16,19)(H,17,20). The van der Waals surface area contributed by atoms with Gasteiger partial charge in [-0.3, -0.25) is 4.79 Å². The fraction of sp³-hybridized carbons (Fsp3) is 0.357. The summed E-state index contributed by atoms with van der Waals surface area (Å²) in [5, 5.41) is 8.26. The van der Waals surface area contributed by atoms with Crippen LogP contribution < -0.4 is 10.6 Å². The molecule has 0 atom stereocenters. The first-order valence-electron chi connectivity index (χ1n) is 6.76. The molecule has 2 aromatic heterocycles. The average molecular weight is 325 g/mol. The van der Waals surface area contributed by atoms with E-state index >= 15 is 0 Å². The Hall–Kier alpha value is -1.66. The molecule has 21 heavy (non-hydrogen) atoms. The molecule has 0 aliphatic rings. The number of nitrogens with zero attached hydrogens (tertiary/aromatic N) is 2. The average Bonchev–Trinajstić information content (AvgIpc) is 2.99. The van der Waals surface area contributed by atoms with Crippen molar-refractivity contribution in [3.05, 3.63) is 39.4 Å². The van der Waals surface area contributed by atoms with Gasteiger partial charge in [0.1, 0.15) is 11.5 Å². The first-order valence-corrected chi connectivity index (χ1v) is 8.08. The van der Waals surface area contributed by atoms with Gasteiger partial charge in [-0.25, -0.2) is 9.97 Å². The molecular weight excluding hydrogens is 308 g/mol. The van der Waals surface area contributed by atoms with Gasteiger partial charge in [-0.2, -0.15) is 0 Å². The molecule has 5 nitrogen and oxygen atoms in total. The number of nitrogens with one attached hydrogen (secondary N) is 2. The number of pyridine rings is 1. The van der Waals surface area contributed by atoms with E-state index in [-0.39, 0.29) is 11.6 Å². The van der Waals surface area contributed by atoms with Gasteiger partial charge in [0.25, 0.3) is 5.91 Å². The van der Waals surface area contributed by atoms with Crippen molar-refractivity contribution in [1.29, 1.82) is 0 Å². The number of anilines is 1. The van der Waals surface area contributed by atoms with Gasteiger partial charge < -0.3 is 10.6 Å². The summed E-state index contributed by atoms with van der Waals surface area (Å²) in [6.07, 6.45) is 1.68. The SMILES string of the molecule is CCCNc1ccc(Cl)c(C(=O)NCCc2cscn2)n1. The van der Waals surface area contributed by atoms with Crippen LogP contribution in [0.3, 0.4) is 0 Å². The monoisotopic (exact) mass is 324 g/mol. The van der Waals surface area contributed by atoms with Gasteiger partial charge in [0.2, 0.25) is 0 Å². The molecule has 0 spiro atoms. The third kappa shape index (κ3) is 4.68. The van der Waals surface area contributed by atoms with Gasteiger partial charge in [0.15, 0.2) is 0 Å². The van der Waals surface area contributed by atoms with E-state index < -0.39 is 0 Å². The van der Waals surface area contributed by atoms with E-state index in [4.69, 9.17) is 11.6 Å². The zero-order valence-corrected chi connectivity index (χ0v) is 13.3. The highest BCUT2D eigenvalue weighted by Crippen LogP contribution is 2.16. The summed E-state index contributed by atoms with van der Waals surface area (Å²) >= 11 is 7.58. The quantitative estimate of drug-likeness (QED) is 0.821. The molecular formula is C14H17ClN4OS. The summed E-state index contributed by atoms with van der Waals surface area (Å²) in [6.45, 7) is 3.38. The third-order valence-electron chi connectivity index (χ3n) is 2.77. The molecule has 7 heteroatoms. The van der Waals surface area contributed by atoms with Gasteiger partial charge in [0.05, 0.1) is 16.2 Å². The summed E-state index contributed by atoms with van der Waals surface area (Å²) in [6, 6.07) is 3.45. The van der Waals surface area contributed by atoms with Crippen LogP contribution in [0, 0.1) is 0 Å². The van der Waals surface area contributed by atoms with E-state index in [2.05, 4.69) is 27.5 Å². The zero-order chi connectivity index (χ0) is 15.1. The number of rotatable bonds is 7. The maximum absolute atomic E-state index is 12.1. The maximum atomic E-state index is 12.1. The molecule has 2 rings (SSSR count). The molecule has 2 aromatic rings. The van der Waals surface area contributed by atoms with Crippen molar-refractivity contribution in [2.45, 2.75) is 19.8 Å². The predicted molar refractivity (Wildman–Crippen MR) is 86.2 cm³/mol. The Balaban J connectivity index is 1.94. The number of hydrogen-bond donors (Lipinski definition) is 2. The fourth-order valence-corrected chi connectivity index (χ4v) is 2.49. The number of carbonyl (C=O) groups is 1. The molecule has 0 saturated carbocycles. The van der Waals surface area contributed by atoms with Gasteiger partial charge in [-0.05, 0) is 18.6 Å². The Morgan fingerprint density at radius 2 is 2.24 bits per heavy atom. The minimum absolute atomic E-state index is 0.246. The lowest BCUT2D eigenvalue weighted by Gasteiger charge is -2.08. The summed E-state index contributed by atoms with van der Waals surface area (Å²) in [7, 11) is 0. The first kappa shape index (κ1) is 15.7. The Bertz CT molecular complexity index is 589. The molecule has 0 radical (unpaired) electrons. The highest BCUT2D eigenvalue weighted by molar-refractivity contribution is 7.07. The molecule has 112 valence electrons. The van der Waals surface area contributed by atoms with E-state index in [1.54, 1.807) is 29.0 Å². The van der Waals surface area contributed by atoms with E-state index in [1.807, 2.05) is 5.38 Å². The van der Waals surface area contributed by atoms with Crippen LogP contribution in [0.15, 0.2) is 23.0 Å². The number of amides is 1. The summed E-state index contributed by atoms with van der Waals surface area (Å²) in [5.41, 5.74) is 2.99. The molecule has 0 fully saturated rings. The molecule has 0 saturated heterocycles. The second-order valence-corrected chi connectivity index (χ2v) is 5.57. The minimum atomic E-state index is -0.268. The van der Waals surface area contributed by atoms with E-state index in [0.29, 0.717) is 23.8 Å². The van der Waals surface area contributed by atoms with Crippen LogP contribution in [0.2, 0.25) is 5.02 Å². The Kier molecular flexibility index (Phi) is 5.95. The summed E-state index contributed by atoms with van der Waals surface area (Å²) < 4.78 is 0. The number of carbonyl (C=O) groups excluding carboxylic acids is 1. The van der Waals surface area contributed by atoms with Crippen molar-refractivity contribution in [2.24, 2.45) is 0 Å². The number of aromatic nitrogens is 2. The molecule has 1 amide bonds. The number of hydrogen-bond acceptors (Lipinski definition) is 5. The molecule has 0 unspecified atom stereocenters. The lowest BCUT2D eigenvalue weighted by atomic mass is 10.3. The largest absolute Gasteiger partial charge is 0.370 e. The third-order valence-corrected chi connectivity index (χ3v) is 3.71. The Morgan fingerprint density at radius 3 is 2.95 bits per heavy atom. The maximum Gasteiger partial charge on any atom is 0.271 e. The van der Waals surface area contributed by atoms with E-state index in [9.17, 15) is 4.79 Å². The fourth-order valence-electron chi connectivity index (χ4n) is 1.70. The van der Waals surface area contributed by atoms with Crippen molar-refractivity contribution in [1.82, 2.24) is 15.3 Å². The molecule has 2 N–H and O–H groups in total. The zero-order valence-electron chi connectivity index (χ0n) is 11.7. The second kappa shape index (κ2) is 7.95. The highest BCUT2D eigenvalue weighted by Gasteiger charge is 2.12. The molecule has 0 aliphatic carbocycles. The van der Waals surface area contributed by atoms with Gasteiger partial charge >= 0.3 is 0 Å². The Morgan fingerprint density at radius 1 is 1.38 bits per heavy atom. The van der Waals surface area contributed by atoms with Gasteiger partial charge in [0, 0.05) is 24.9 Å². The van der Waals surface area contributed by atoms with Crippen LogP contribution in [0.25, 0.3) is 0 Å².